The van der Waals surface area contributed by atoms with E-state index in [2.05, 4.69) is 16.7 Å². The van der Waals surface area contributed by atoms with Crippen molar-refractivity contribution in [2.24, 2.45) is 17.8 Å². The van der Waals surface area contributed by atoms with Gasteiger partial charge in [0, 0.05) is 22.9 Å². The lowest BCUT2D eigenvalue weighted by molar-refractivity contribution is -0.124. The van der Waals surface area contributed by atoms with Gasteiger partial charge in [0.1, 0.15) is 6.61 Å². The summed E-state index contributed by atoms with van der Waals surface area (Å²) in [6.07, 6.45) is 12.1. The van der Waals surface area contributed by atoms with Crippen LogP contribution in [0.2, 0.25) is 5.02 Å². The van der Waals surface area contributed by atoms with E-state index in [0.717, 1.165) is 50.5 Å². The van der Waals surface area contributed by atoms with E-state index < -0.39 is 18.1 Å². The summed E-state index contributed by atoms with van der Waals surface area (Å²) >= 11 is 5.99. The number of nitrogens with one attached hydrogen (secondary N) is 2. The van der Waals surface area contributed by atoms with Gasteiger partial charge in [-0.15, -0.1) is 0 Å². The van der Waals surface area contributed by atoms with Crippen LogP contribution in [0, 0.1) is 29.1 Å². The highest BCUT2D eigenvalue weighted by molar-refractivity contribution is 6.30. The van der Waals surface area contributed by atoms with Gasteiger partial charge in [0.05, 0.1) is 18.0 Å². The third kappa shape index (κ3) is 8.07. The smallest absolute Gasteiger partial charge is 0.408 e. The molecule has 7 nitrogen and oxygen atoms in total. The van der Waals surface area contributed by atoms with Crippen LogP contribution in [0.4, 0.5) is 4.79 Å². The van der Waals surface area contributed by atoms with Gasteiger partial charge in [-0.2, -0.15) is 5.26 Å². The van der Waals surface area contributed by atoms with E-state index in [0.29, 0.717) is 23.8 Å². The summed E-state index contributed by atoms with van der Waals surface area (Å²) in [6, 6.07) is 8.87. The lowest BCUT2D eigenvalue weighted by atomic mass is 9.82. The maximum Gasteiger partial charge on any atom is 0.408 e. The molecule has 198 valence electrons. The molecule has 4 rings (SSSR count). The second-order valence-corrected chi connectivity index (χ2v) is 11.3. The Hall–Kier alpha value is -2.85. The minimum atomic E-state index is -0.699. The van der Waals surface area contributed by atoms with Crippen LogP contribution in [0.5, 0.6) is 0 Å². The number of alkyl carbamates (subject to hydrolysis) is 1. The normalized spacial score (nSPS) is 22.3. The van der Waals surface area contributed by atoms with Crippen LogP contribution in [-0.2, 0) is 14.3 Å². The number of rotatable bonds is 11. The van der Waals surface area contributed by atoms with Crippen LogP contribution in [0.15, 0.2) is 30.3 Å². The van der Waals surface area contributed by atoms with Crippen LogP contribution in [0.1, 0.15) is 76.2 Å². The minimum Gasteiger partial charge on any atom is -0.445 e. The average Bonchev–Trinajstić information content (AvgIpc) is 3.56. The van der Waals surface area contributed by atoms with Gasteiger partial charge >= 0.3 is 6.09 Å². The Morgan fingerprint density at radius 2 is 2.03 bits per heavy atom. The van der Waals surface area contributed by atoms with Crippen LogP contribution in [0.3, 0.4) is 0 Å². The monoisotopic (exact) mass is 525 g/mol. The maximum absolute atomic E-state index is 13.3. The first-order valence-corrected chi connectivity index (χ1v) is 13.8. The molecule has 3 fully saturated rings. The first-order chi connectivity index (χ1) is 17.9. The Labute approximate surface area is 224 Å². The molecule has 37 heavy (non-hydrogen) atoms. The molecule has 0 aromatic heterocycles. The quantitative estimate of drug-likeness (QED) is 0.392. The Morgan fingerprint density at radius 1 is 1.24 bits per heavy atom. The number of amides is 2. The molecule has 1 aliphatic heterocycles. The van der Waals surface area contributed by atoms with E-state index >= 15 is 0 Å². The van der Waals surface area contributed by atoms with Gasteiger partial charge in [-0.1, -0.05) is 61.9 Å². The van der Waals surface area contributed by atoms with Gasteiger partial charge in [-0.05, 0) is 61.8 Å². The molecule has 0 radical (unpaired) electrons. The third-order valence-electron chi connectivity index (χ3n) is 7.89. The van der Waals surface area contributed by atoms with Crippen molar-refractivity contribution in [3.8, 4) is 6.07 Å². The zero-order valence-corrected chi connectivity index (χ0v) is 22.0. The molecule has 2 N–H and O–H groups in total. The van der Waals surface area contributed by atoms with E-state index in [1.54, 1.807) is 12.1 Å². The van der Waals surface area contributed by atoms with Crippen molar-refractivity contribution in [1.82, 2.24) is 10.6 Å². The van der Waals surface area contributed by atoms with Crippen molar-refractivity contribution in [2.75, 3.05) is 6.61 Å². The molecule has 1 spiro atoms. The number of nitriles is 1. The summed E-state index contributed by atoms with van der Waals surface area (Å²) in [5.74, 6) is -0.577. The summed E-state index contributed by atoms with van der Waals surface area (Å²) in [7, 11) is 0. The third-order valence-corrected chi connectivity index (χ3v) is 8.13. The van der Waals surface area contributed by atoms with E-state index in [4.69, 9.17) is 16.3 Å². The summed E-state index contributed by atoms with van der Waals surface area (Å²) in [5, 5.41) is 16.2. The molecule has 3 aliphatic rings. The Balaban J connectivity index is 1.31. The van der Waals surface area contributed by atoms with Crippen molar-refractivity contribution in [3.63, 3.8) is 0 Å². The predicted octanol–water partition coefficient (Wildman–Crippen LogP) is 5.58. The molecule has 1 heterocycles. The van der Waals surface area contributed by atoms with E-state index in [1.807, 2.05) is 24.3 Å². The van der Waals surface area contributed by atoms with Crippen LogP contribution < -0.4 is 10.6 Å². The average molecular weight is 526 g/mol. The molecule has 2 saturated carbocycles. The van der Waals surface area contributed by atoms with Crippen LogP contribution >= 0.6 is 11.6 Å². The summed E-state index contributed by atoms with van der Waals surface area (Å²) < 4.78 is 5.31. The van der Waals surface area contributed by atoms with Gasteiger partial charge in [0.2, 0.25) is 5.91 Å². The second-order valence-electron chi connectivity index (χ2n) is 10.9. The summed E-state index contributed by atoms with van der Waals surface area (Å²) in [6.45, 7) is 0.0576. The fourth-order valence-corrected chi connectivity index (χ4v) is 5.89. The fourth-order valence-electron chi connectivity index (χ4n) is 5.69. The maximum atomic E-state index is 13.3. The standard InChI is InChI=1S/C29H36ClN3O4/c30-24-10-4-8-20(15-24)9-5-13-37-28(36)32-25(16-21-6-2-1-3-7-21)26(34)17-22(19-31)14-23-18-29(11-12-29)33-27(23)35/h4-5,8-10,15,21-23,25H,1-3,6-7,11-14,16-18H2,(H,32,36)(H,33,35)/b9-5+/t22-,23?,25+/m1/s1. The number of nitrogens with zero attached hydrogens (tertiary/aromatic N) is 1. The number of Topliss-reactive ketones (excluding diaryl/α,β-unsaturated/α-hetero) is 1. The number of benzene rings is 1. The molecule has 3 atom stereocenters. The van der Waals surface area contributed by atoms with Crippen LogP contribution in [-0.4, -0.2) is 36.0 Å². The fraction of sp³-hybridized carbons (Fsp3) is 0.586. The SMILES string of the molecule is N#C[C@@H](CC(=O)[C@H](CC1CCCCC1)NC(=O)OC/C=C/c1cccc(Cl)c1)CC1CC2(CC2)NC1=O. The molecule has 1 aromatic rings. The van der Waals surface area contributed by atoms with Gasteiger partial charge in [-0.25, -0.2) is 4.79 Å². The minimum absolute atomic E-state index is 0.00325. The predicted molar refractivity (Wildman–Crippen MR) is 142 cm³/mol. The van der Waals surface area contributed by atoms with Crippen molar-refractivity contribution < 1.29 is 19.1 Å². The van der Waals surface area contributed by atoms with Crippen molar-refractivity contribution in [1.29, 1.82) is 5.26 Å². The van der Waals surface area contributed by atoms with Gasteiger partial charge in [-0.3, -0.25) is 9.59 Å². The topological polar surface area (TPSA) is 108 Å². The molecule has 2 aliphatic carbocycles. The highest BCUT2D eigenvalue weighted by Crippen LogP contribution is 2.46. The molecular weight excluding hydrogens is 490 g/mol. The lowest BCUT2D eigenvalue weighted by Crippen LogP contribution is -2.43. The number of halogens is 1. The highest BCUT2D eigenvalue weighted by Gasteiger charge is 2.52. The molecule has 2 amide bonds. The zero-order chi connectivity index (χ0) is 26.3. The Bertz CT molecular complexity index is 1060. The summed E-state index contributed by atoms with van der Waals surface area (Å²) in [4.78, 5) is 38.2. The molecule has 1 unspecified atom stereocenters. The molecule has 1 aromatic carbocycles. The number of carbonyl (C=O) groups is 3. The van der Waals surface area contributed by atoms with Gasteiger partial charge in [0.15, 0.2) is 5.78 Å². The summed E-state index contributed by atoms with van der Waals surface area (Å²) in [5.41, 5.74) is 0.843. The molecule has 1 saturated heterocycles. The van der Waals surface area contributed by atoms with Crippen LogP contribution in [0.25, 0.3) is 6.08 Å². The van der Waals surface area contributed by atoms with E-state index in [1.165, 1.54) is 6.42 Å². The Morgan fingerprint density at radius 3 is 2.70 bits per heavy atom. The van der Waals surface area contributed by atoms with Gasteiger partial charge in [0.25, 0.3) is 0 Å². The molecule has 0 bridgehead atoms. The largest absolute Gasteiger partial charge is 0.445 e. The highest BCUT2D eigenvalue weighted by atomic mass is 35.5. The lowest BCUT2D eigenvalue weighted by Gasteiger charge is -2.27. The number of carbonyl (C=O) groups excluding carboxylic acids is 3. The van der Waals surface area contributed by atoms with Crippen molar-refractivity contribution >= 4 is 35.5 Å². The number of ether oxygens (including phenoxy) is 1. The molecular formula is C29H36ClN3O4. The van der Waals surface area contributed by atoms with E-state index in [-0.39, 0.29) is 36.2 Å². The number of ketones is 1. The van der Waals surface area contributed by atoms with Gasteiger partial charge < -0.3 is 15.4 Å². The zero-order valence-electron chi connectivity index (χ0n) is 21.2. The number of hydrogen-bond donors (Lipinski definition) is 2. The first kappa shape index (κ1) is 27.2. The van der Waals surface area contributed by atoms with Crippen molar-refractivity contribution in [2.45, 2.75) is 82.2 Å². The first-order valence-electron chi connectivity index (χ1n) is 13.5. The van der Waals surface area contributed by atoms with Crippen molar-refractivity contribution in [3.05, 3.63) is 40.9 Å². The van der Waals surface area contributed by atoms with E-state index in [9.17, 15) is 19.6 Å². The second kappa shape index (κ2) is 12.6. The molecule has 8 heteroatoms. The Kier molecular flexibility index (Phi) is 9.26. The number of hydrogen-bond acceptors (Lipinski definition) is 5.